The number of nitrogens with one attached hydrogen (secondary N) is 2. The van der Waals surface area contributed by atoms with Gasteiger partial charge in [0.15, 0.2) is 5.96 Å². The van der Waals surface area contributed by atoms with Crippen molar-refractivity contribution in [1.29, 1.82) is 0 Å². The van der Waals surface area contributed by atoms with E-state index in [2.05, 4.69) is 29.5 Å². The fraction of sp³-hybridized carbons (Fsp3) is 0.462. The van der Waals surface area contributed by atoms with Crippen LogP contribution in [0.25, 0.3) is 0 Å². The van der Waals surface area contributed by atoms with E-state index in [0.717, 1.165) is 18.1 Å². The molecule has 0 aliphatic rings. The molecular weight excluding hydrogens is 269 g/mol. The fourth-order valence-electron chi connectivity index (χ4n) is 1.60. The SMILES string of the molecule is CN=C(NC)NCC(C)(C)c1ccc(Cl)c(Cl)c1. The number of hydrogen-bond acceptors (Lipinski definition) is 1. The maximum absolute atomic E-state index is 6.05. The molecule has 0 atom stereocenters. The minimum absolute atomic E-state index is 0.0684. The van der Waals surface area contributed by atoms with Crippen LogP contribution in [-0.4, -0.2) is 26.6 Å². The highest BCUT2D eigenvalue weighted by atomic mass is 35.5. The van der Waals surface area contributed by atoms with E-state index in [4.69, 9.17) is 23.2 Å². The molecule has 0 unspecified atom stereocenters. The molecule has 5 heteroatoms. The second-order valence-corrected chi connectivity index (χ2v) is 5.50. The highest BCUT2D eigenvalue weighted by Crippen LogP contribution is 2.29. The third-order valence-electron chi connectivity index (χ3n) is 2.86. The zero-order valence-electron chi connectivity index (χ0n) is 11.1. The summed E-state index contributed by atoms with van der Waals surface area (Å²) in [6, 6.07) is 5.74. The van der Waals surface area contributed by atoms with Gasteiger partial charge in [-0.2, -0.15) is 0 Å². The zero-order chi connectivity index (χ0) is 13.8. The molecule has 0 aliphatic carbocycles. The van der Waals surface area contributed by atoms with Gasteiger partial charge in [-0.25, -0.2) is 0 Å². The molecule has 0 aromatic heterocycles. The topological polar surface area (TPSA) is 36.4 Å². The second-order valence-electron chi connectivity index (χ2n) is 4.69. The minimum atomic E-state index is -0.0684. The van der Waals surface area contributed by atoms with Crippen molar-refractivity contribution < 1.29 is 0 Å². The summed E-state index contributed by atoms with van der Waals surface area (Å²) in [6.45, 7) is 5.03. The van der Waals surface area contributed by atoms with E-state index >= 15 is 0 Å². The molecule has 0 amide bonds. The molecule has 2 N–H and O–H groups in total. The summed E-state index contributed by atoms with van der Waals surface area (Å²) >= 11 is 12.0. The van der Waals surface area contributed by atoms with Crippen LogP contribution in [0, 0.1) is 0 Å². The van der Waals surface area contributed by atoms with Gasteiger partial charge in [-0.1, -0.05) is 43.1 Å². The quantitative estimate of drug-likeness (QED) is 0.662. The number of aliphatic imine (C=N–C) groups is 1. The van der Waals surface area contributed by atoms with E-state index in [1.165, 1.54) is 0 Å². The van der Waals surface area contributed by atoms with Crippen LogP contribution in [0.1, 0.15) is 19.4 Å². The third kappa shape index (κ3) is 3.79. The lowest BCUT2D eigenvalue weighted by atomic mass is 9.84. The van der Waals surface area contributed by atoms with Crippen molar-refractivity contribution in [1.82, 2.24) is 10.6 Å². The van der Waals surface area contributed by atoms with E-state index in [-0.39, 0.29) is 5.41 Å². The van der Waals surface area contributed by atoms with E-state index in [0.29, 0.717) is 10.0 Å². The van der Waals surface area contributed by atoms with Crippen molar-refractivity contribution in [3.63, 3.8) is 0 Å². The number of benzene rings is 1. The van der Waals surface area contributed by atoms with Crippen LogP contribution in [0.3, 0.4) is 0 Å². The summed E-state index contributed by atoms with van der Waals surface area (Å²) in [7, 11) is 3.58. The summed E-state index contributed by atoms with van der Waals surface area (Å²) < 4.78 is 0. The molecule has 1 aromatic rings. The molecule has 3 nitrogen and oxygen atoms in total. The van der Waals surface area contributed by atoms with Gasteiger partial charge in [0.2, 0.25) is 0 Å². The summed E-state index contributed by atoms with van der Waals surface area (Å²) in [6.07, 6.45) is 0. The van der Waals surface area contributed by atoms with Crippen molar-refractivity contribution >= 4 is 29.2 Å². The molecule has 100 valence electrons. The molecular formula is C13H19Cl2N3. The molecule has 0 aliphatic heterocycles. The molecule has 0 saturated heterocycles. The van der Waals surface area contributed by atoms with Crippen LogP contribution in [0.15, 0.2) is 23.2 Å². The number of halogens is 2. The fourth-order valence-corrected chi connectivity index (χ4v) is 1.90. The number of guanidine groups is 1. The van der Waals surface area contributed by atoms with Gasteiger partial charge >= 0.3 is 0 Å². The average Bonchev–Trinajstić information content (AvgIpc) is 2.33. The Labute approximate surface area is 119 Å². The third-order valence-corrected chi connectivity index (χ3v) is 3.60. The van der Waals surface area contributed by atoms with Gasteiger partial charge in [0.1, 0.15) is 0 Å². The maximum atomic E-state index is 6.05. The highest BCUT2D eigenvalue weighted by molar-refractivity contribution is 6.42. The number of nitrogens with zero attached hydrogens (tertiary/aromatic N) is 1. The lowest BCUT2D eigenvalue weighted by Gasteiger charge is -2.26. The first kappa shape index (κ1) is 15.1. The predicted octanol–water partition coefficient (Wildman–Crippen LogP) is 3.07. The van der Waals surface area contributed by atoms with Gasteiger partial charge in [0.25, 0.3) is 0 Å². The largest absolute Gasteiger partial charge is 0.359 e. The van der Waals surface area contributed by atoms with Crippen molar-refractivity contribution in [2.24, 2.45) is 4.99 Å². The number of rotatable bonds is 3. The summed E-state index contributed by atoms with van der Waals surface area (Å²) in [5, 5.41) is 7.41. The first-order valence-electron chi connectivity index (χ1n) is 5.74. The van der Waals surface area contributed by atoms with Crippen LogP contribution in [0.5, 0.6) is 0 Å². The van der Waals surface area contributed by atoms with Gasteiger partial charge in [-0.3, -0.25) is 4.99 Å². The monoisotopic (exact) mass is 287 g/mol. The Kier molecular flexibility index (Phi) is 5.29. The Morgan fingerprint density at radius 1 is 1.28 bits per heavy atom. The molecule has 0 radical (unpaired) electrons. The van der Waals surface area contributed by atoms with Gasteiger partial charge < -0.3 is 10.6 Å². The number of hydrogen-bond donors (Lipinski definition) is 2. The lowest BCUT2D eigenvalue weighted by molar-refractivity contribution is 0.510. The van der Waals surface area contributed by atoms with E-state index in [1.807, 2.05) is 25.2 Å². The summed E-state index contributed by atoms with van der Waals surface area (Å²) in [4.78, 5) is 4.08. The minimum Gasteiger partial charge on any atom is -0.359 e. The van der Waals surface area contributed by atoms with Crippen LogP contribution in [0.4, 0.5) is 0 Å². The lowest BCUT2D eigenvalue weighted by Crippen LogP contribution is -2.42. The molecule has 1 rings (SSSR count). The maximum Gasteiger partial charge on any atom is 0.190 e. The van der Waals surface area contributed by atoms with E-state index < -0.39 is 0 Å². The Hall–Kier alpha value is -0.930. The molecule has 0 spiro atoms. The van der Waals surface area contributed by atoms with Crippen LogP contribution in [-0.2, 0) is 5.41 Å². The van der Waals surface area contributed by atoms with Crippen molar-refractivity contribution in [3.8, 4) is 0 Å². The molecule has 0 heterocycles. The zero-order valence-corrected chi connectivity index (χ0v) is 12.7. The first-order chi connectivity index (χ1) is 8.40. The predicted molar refractivity (Wildman–Crippen MR) is 79.9 cm³/mol. The van der Waals surface area contributed by atoms with Gasteiger partial charge in [0, 0.05) is 26.1 Å². The Morgan fingerprint density at radius 3 is 2.44 bits per heavy atom. The van der Waals surface area contributed by atoms with Crippen molar-refractivity contribution in [2.45, 2.75) is 19.3 Å². The normalized spacial score (nSPS) is 12.4. The van der Waals surface area contributed by atoms with Crippen molar-refractivity contribution in [3.05, 3.63) is 33.8 Å². The van der Waals surface area contributed by atoms with Crippen LogP contribution >= 0.6 is 23.2 Å². The van der Waals surface area contributed by atoms with Gasteiger partial charge in [0.05, 0.1) is 10.0 Å². The molecule has 0 bridgehead atoms. The smallest absolute Gasteiger partial charge is 0.190 e. The van der Waals surface area contributed by atoms with Crippen LogP contribution < -0.4 is 10.6 Å². The highest BCUT2D eigenvalue weighted by Gasteiger charge is 2.21. The molecule has 1 aromatic carbocycles. The first-order valence-corrected chi connectivity index (χ1v) is 6.50. The molecule has 0 fully saturated rings. The van der Waals surface area contributed by atoms with E-state index in [9.17, 15) is 0 Å². The summed E-state index contributed by atoms with van der Waals surface area (Å²) in [5.74, 6) is 0.767. The van der Waals surface area contributed by atoms with Gasteiger partial charge in [-0.15, -0.1) is 0 Å². The second kappa shape index (κ2) is 6.30. The standard InChI is InChI=1S/C13H19Cl2N3/c1-13(2,8-18-12(16-3)17-4)9-5-6-10(14)11(15)7-9/h5-7H,8H2,1-4H3,(H2,16,17,18). The molecule has 0 saturated carbocycles. The Bertz CT molecular complexity index is 442. The van der Waals surface area contributed by atoms with E-state index in [1.54, 1.807) is 7.05 Å². The Morgan fingerprint density at radius 2 is 1.94 bits per heavy atom. The van der Waals surface area contributed by atoms with Crippen LogP contribution in [0.2, 0.25) is 10.0 Å². The Balaban J connectivity index is 2.82. The summed E-state index contributed by atoms with van der Waals surface area (Å²) in [5.41, 5.74) is 1.07. The average molecular weight is 288 g/mol. The van der Waals surface area contributed by atoms with Crippen molar-refractivity contribution in [2.75, 3.05) is 20.6 Å². The van der Waals surface area contributed by atoms with Gasteiger partial charge in [-0.05, 0) is 17.7 Å². The molecule has 18 heavy (non-hydrogen) atoms.